The van der Waals surface area contributed by atoms with Crippen molar-refractivity contribution in [3.63, 3.8) is 0 Å². The number of carboxylic acids is 1. The van der Waals surface area contributed by atoms with Gasteiger partial charge < -0.3 is 5.11 Å². The van der Waals surface area contributed by atoms with Gasteiger partial charge in [-0.3, -0.25) is 14.3 Å². The third-order valence-electron chi connectivity index (χ3n) is 5.33. The van der Waals surface area contributed by atoms with E-state index in [0.29, 0.717) is 12.1 Å². The summed E-state index contributed by atoms with van der Waals surface area (Å²) >= 11 is 5.70. The minimum Gasteiger partial charge on any atom is -0.478 e. The minimum atomic E-state index is -0.946. The number of carbonyl (C=O) groups is 1. The Morgan fingerprint density at radius 3 is 2.47 bits per heavy atom. The van der Waals surface area contributed by atoms with Crippen LogP contribution < -0.4 is 5.43 Å². The quantitative estimate of drug-likeness (QED) is 0.302. The van der Waals surface area contributed by atoms with E-state index in [0.717, 1.165) is 29.1 Å². The van der Waals surface area contributed by atoms with Crippen LogP contribution in [0, 0.1) is 17.5 Å². The number of para-hydroxylation sites is 1. The molecule has 6 nitrogen and oxygen atoms in total. The molecule has 0 spiro atoms. The van der Waals surface area contributed by atoms with Crippen molar-refractivity contribution in [1.82, 2.24) is 14.5 Å². The Kier molecular flexibility index (Phi) is 7.03. The molecule has 3 aromatic heterocycles. The number of halogens is 4. The fourth-order valence-corrected chi connectivity index (χ4v) is 3.75. The molecule has 0 bridgehead atoms. The van der Waals surface area contributed by atoms with Crippen LogP contribution in [0.15, 0.2) is 71.7 Å². The maximum atomic E-state index is 14.2. The first-order valence-electron chi connectivity index (χ1n) is 10.6. The minimum absolute atomic E-state index is 0.00317. The maximum absolute atomic E-state index is 14.2. The van der Waals surface area contributed by atoms with E-state index in [1.54, 1.807) is 13.0 Å². The molecule has 0 amide bonds. The predicted molar refractivity (Wildman–Crippen MR) is 130 cm³/mol. The molecule has 0 fully saturated rings. The largest absolute Gasteiger partial charge is 0.478 e. The molecule has 10 heteroatoms. The number of benzene rings is 2. The molecular weight excluding hydrogens is 495 g/mol. The van der Waals surface area contributed by atoms with Crippen molar-refractivity contribution in [1.29, 1.82) is 0 Å². The number of pyridine rings is 3. The van der Waals surface area contributed by atoms with Crippen molar-refractivity contribution >= 4 is 39.5 Å². The van der Waals surface area contributed by atoms with E-state index < -0.39 is 34.0 Å². The van der Waals surface area contributed by atoms with E-state index in [-0.39, 0.29) is 22.3 Å². The zero-order chi connectivity index (χ0) is 26.0. The summed E-state index contributed by atoms with van der Waals surface area (Å²) in [6.45, 7) is 1.77. The highest BCUT2D eigenvalue weighted by atomic mass is 35.5. The average Bonchev–Trinajstić information content (AvgIpc) is 2.86. The molecule has 0 unspecified atom stereocenters. The van der Waals surface area contributed by atoms with E-state index in [1.165, 1.54) is 22.9 Å². The number of fused-ring (bicyclic) bond motifs is 2. The summed E-state index contributed by atoms with van der Waals surface area (Å²) in [5.41, 5.74) is 1.06. The van der Waals surface area contributed by atoms with Crippen LogP contribution in [0.2, 0.25) is 5.15 Å². The third-order valence-corrected chi connectivity index (χ3v) is 5.59. The van der Waals surface area contributed by atoms with Crippen molar-refractivity contribution in [2.75, 3.05) is 0 Å². The van der Waals surface area contributed by atoms with Gasteiger partial charge in [-0.15, -0.1) is 0 Å². The molecule has 182 valence electrons. The van der Waals surface area contributed by atoms with Gasteiger partial charge >= 0.3 is 5.97 Å². The zero-order valence-electron chi connectivity index (χ0n) is 18.7. The van der Waals surface area contributed by atoms with Gasteiger partial charge in [0.15, 0.2) is 22.0 Å². The summed E-state index contributed by atoms with van der Waals surface area (Å²) in [6, 6.07) is 14.3. The molecule has 0 atom stereocenters. The van der Waals surface area contributed by atoms with Crippen LogP contribution in [0.4, 0.5) is 13.2 Å². The molecule has 3 heterocycles. The fourth-order valence-electron chi connectivity index (χ4n) is 3.62. The Labute approximate surface area is 207 Å². The van der Waals surface area contributed by atoms with Gasteiger partial charge in [-0.25, -0.2) is 22.9 Å². The van der Waals surface area contributed by atoms with Crippen molar-refractivity contribution < 1.29 is 23.1 Å². The number of hydrogen-bond donors (Lipinski definition) is 1. The van der Waals surface area contributed by atoms with Crippen LogP contribution in [0.5, 0.6) is 0 Å². The Bertz CT molecular complexity index is 1690. The Hall–Kier alpha value is -4.24. The van der Waals surface area contributed by atoms with Crippen molar-refractivity contribution in [3.05, 3.63) is 111 Å². The topological polar surface area (TPSA) is 85.1 Å². The van der Waals surface area contributed by atoms with E-state index >= 15 is 0 Å². The molecule has 36 heavy (non-hydrogen) atoms. The van der Waals surface area contributed by atoms with Gasteiger partial charge in [0.25, 0.3) is 0 Å². The predicted octanol–water partition coefficient (Wildman–Crippen LogP) is 5.95. The van der Waals surface area contributed by atoms with Gasteiger partial charge in [-0.05, 0) is 36.8 Å². The normalized spacial score (nSPS) is 10.8. The molecule has 2 aromatic carbocycles. The van der Waals surface area contributed by atoms with Gasteiger partial charge in [0.1, 0.15) is 11.6 Å². The van der Waals surface area contributed by atoms with E-state index in [1.807, 2.05) is 24.3 Å². The van der Waals surface area contributed by atoms with Gasteiger partial charge in [-0.1, -0.05) is 36.7 Å². The third kappa shape index (κ3) is 4.92. The maximum Gasteiger partial charge on any atom is 0.337 e. The van der Waals surface area contributed by atoms with Crippen molar-refractivity contribution in [2.45, 2.75) is 13.3 Å². The standard InChI is InChI=1S/C16H10ClF3N2O.C10H7NO2/c1-2-9-6-14(23)10-7-12(20)15(17)21-16(10)22(9)13-4-3-8(18)5-11(13)19;12-10(13)8-5-7-3-1-2-4-9(7)11-6-8/h3-7H,2H2,1H3;1-6H,(H,12,13). The Morgan fingerprint density at radius 2 is 1.78 bits per heavy atom. The fraction of sp³-hybridized carbons (Fsp3) is 0.0769. The van der Waals surface area contributed by atoms with Crippen LogP contribution in [-0.2, 0) is 6.42 Å². The Balaban J connectivity index is 0.000000197. The van der Waals surface area contributed by atoms with E-state index in [2.05, 4.69) is 9.97 Å². The SMILES string of the molecule is CCc1cc(=O)c2cc(F)c(Cl)nc2n1-c1ccc(F)cc1F.O=C(O)c1cnc2ccccc2c1. The highest BCUT2D eigenvalue weighted by molar-refractivity contribution is 6.29. The van der Waals surface area contributed by atoms with Gasteiger partial charge in [0.2, 0.25) is 0 Å². The second-order valence-corrected chi connectivity index (χ2v) is 8.00. The summed E-state index contributed by atoms with van der Waals surface area (Å²) < 4.78 is 42.3. The van der Waals surface area contributed by atoms with Crippen molar-refractivity contribution in [3.8, 4) is 5.69 Å². The average molecular weight is 512 g/mol. The summed E-state index contributed by atoms with van der Waals surface area (Å²) in [5.74, 6) is -3.34. The van der Waals surface area contributed by atoms with Crippen LogP contribution in [0.1, 0.15) is 23.0 Å². The molecule has 0 saturated carbocycles. The molecule has 0 radical (unpaired) electrons. The first-order valence-corrected chi connectivity index (χ1v) is 11.0. The van der Waals surface area contributed by atoms with E-state index in [4.69, 9.17) is 16.7 Å². The lowest BCUT2D eigenvalue weighted by atomic mass is 10.2. The van der Waals surface area contributed by atoms with Gasteiger partial charge in [0.05, 0.1) is 22.2 Å². The monoisotopic (exact) mass is 511 g/mol. The smallest absolute Gasteiger partial charge is 0.337 e. The molecule has 5 aromatic rings. The zero-order valence-corrected chi connectivity index (χ0v) is 19.4. The first-order chi connectivity index (χ1) is 17.2. The molecule has 0 saturated heterocycles. The lowest BCUT2D eigenvalue weighted by Crippen LogP contribution is -2.15. The van der Waals surface area contributed by atoms with Crippen LogP contribution in [-0.4, -0.2) is 25.6 Å². The summed E-state index contributed by atoms with van der Waals surface area (Å²) in [5, 5.41) is 9.09. The number of aromatic nitrogens is 3. The number of carboxylic acid groups (broad SMARTS) is 1. The second-order valence-electron chi connectivity index (χ2n) is 7.64. The highest BCUT2D eigenvalue weighted by Crippen LogP contribution is 2.24. The number of hydrogen-bond acceptors (Lipinski definition) is 4. The summed E-state index contributed by atoms with van der Waals surface area (Å²) in [7, 11) is 0. The molecular formula is C26H17ClF3N3O3. The summed E-state index contributed by atoms with van der Waals surface area (Å²) in [4.78, 5) is 30.6. The lowest BCUT2D eigenvalue weighted by molar-refractivity contribution is 0.0696. The number of aryl methyl sites for hydroxylation is 1. The first kappa shape index (κ1) is 24.9. The Morgan fingerprint density at radius 1 is 1.03 bits per heavy atom. The van der Waals surface area contributed by atoms with Gasteiger partial charge in [-0.2, -0.15) is 0 Å². The number of aromatic carboxylic acids is 1. The van der Waals surface area contributed by atoms with Crippen molar-refractivity contribution in [2.24, 2.45) is 0 Å². The lowest BCUT2D eigenvalue weighted by Gasteiger charge is -2.16. The van der Waals surface area contributed by atoms with Crippen LogP contribution in [0.3, 0.4) is 0 Å². The highest BCUT2D eigenvalue weighted by Gasteiger charge is 2.17. The van der Waals surface area contributed by atoms with E-state index in [9.17, 15) is 22.8 Å². The number of nitrogens with zero attached hydrogens (tertiary/aromatic N) is 3. The van der Waals surface area contributed by atoms with Crippen LogP contribution in [0.25, 0.3) is 27.6 Å². The molecule has 0 aliphatic rings. The van der Waals surface area contributed by atoms with Crippen LogP contribution >= 0.6 is 11.6 Å². The summed E-state index contributed by atoms with van der Waals surface area (Å²) in [6.07, 6.45) is 1.75. The molecule has 5 rings (SSSR count). The number of rotatable bonds is 3. The molecule has 1 N–H and O–H groups in total. The molecule has 0 aliphatic heterocycles. The molecule has 0 aliphatic carbocycles. The van der Waals surface area contributed by atoms with Gasteiger partial charge in [0, 0.05) is 29.4 Å². The second kappa shape index (κ2) is 10.2.